The predicted octanol–water partition coefficient (Wildman–Crippen LogP) is 2.02. The Balaban J connectivity index is 2.29. The van der Waals surface area contributed by atoms with Crippen LogP contribution in [-0.2, 0) is 4.79 Å². The number of rotatable bonds is 3. The molecule has 0 aromatic heterocycles. The summed E-state index contributed by atoms with van der Waals surface area (Å²) in [5.74, 6) is -1.35. The van der Waals surface area contributed by atoms with E-state index in [9.17, 15) is 14.4 Å². The van der Waals surface area contributed by atoms with Crippen molar-refractivity contribution in [2.45, 2.75) is 45.3 Å². The molecule has 1 aliphatic rings. The van der Waals surface area contributed by atoms with Gasteiger partial charge in [0.25, 0.3) is 5.91 Å². The smallest absolute Gasteiger partial charge is 0.328 e. The van der Waals surface area contributed by atoms with Gasteiger partial charge < -0.3 is 15.2 Å². The van der Waals surface area contributed by atoms with Crippen molar-refractivity contribution in [1.82, 2.24) is 5.32 Å². The van der Waals surface area contributed by atoms with Crippen molar-refractivity contribution in [2.24, 2.45) is 0 Å². The van der Waals surface area contributed by atoms with E-state index in [1.54, 1.807) is 6.07 Å². The van der Waals surface area contributed by atoms with Crippen LogP contribution in [0.4, 0.5) is 0 Å². The second-order valence-corrected chi connectivity index (χ2v) is 6.56. The summed E-state index contributed by atoms with van der Waals surface area (Å²) in [4.78, 5) is 35.4. The zero-order valence-corrected chi connectivity index (χ0v) is 13.0. The molecule has 1 amide bonds. The van der Waals surface area contributed by atoms with E-state index in [4.69, 9.17) is 9.84 Å². The lowest BCUT2D eigenvalue weighted by atomic mass is 9.92. The number of fused-ring (bicyclic) bond motifs is 1. The van der Waals surface area contributed by atoms with Crippen LogP contribution in [-0.4, -0.2) is 33.9 Å². The number of hydrogen-bond acceptors (Lipinski definition) is 4. The third kappa shape index (κ3) is 3.10. The van der Waals surface area contributed by atoms with Crippen LogP contribution >= 0.6 is 0 Å². The van der Waals surface area contributed by atoms with Gasteiger partial charge in [-0.3, -0.25) is 9.59 Å². The minimum atomic E-state index is -1.39. The summed E-state index contributed by atoms with van der Waals surface area (Å²) in [6.07, 6.45) is 0.228. The monoisotopic (exact) mass is 305 g/mol. The summed E-state index contributed by atoms with van der Waals surface area (Å²) < 4.78 is 5.72. The van der Waals surface area contributed by atoms with Crippen LogP contribution in [0.3, 0.4) is 0 Å². The van der Waals surface area contributed by atoms with Gasteiger partial charge in [-0.25, -0.2) is 4.79 Å². The topological polar surface area (TPSA) is 92.7 Å². The molecule has 118 valence electrons. The van der Waals surface area contributed by atoms with Crippen molar-refractivity contribution in [3.63, 3.8) is 0 Å². The molecule has 0 fully saturated rings. The number of ether oxygens (including phenoxy) is 1. The summed E-state index contributed by atoms with van der Waals surface area (Å²) in [7, 11) is 0. The Hall–Kier alpha value is -2.37. The second-order valence-electron chi connectivity index (χ2n) is 6.56. The number of carboxylic acid groups (broad SMARTS) is 1. The van der Waals surface area contributed by atoms with Gasteiger partial charge in [-0.1, -0.05) is 0 Å². The van der Waals surface area contributed by atoms with Crippen LogP contribution in [0.25, 0.3) is 0 Å². The number of nitrogens with one attached hydrogen (secondary N) is 1. The minimum absolute atomic E-state index is 0.0987. The third-order valence-corrected chi connectivity index (χ3v) is 3.48. The number of carboxylic acids is 1. The fourth-order valence-corrected chi connectivity index (χ4v) is 2.20. The number of hydrogen-bond donors (Lipinski definition) is 2. The van der Waals surface area contributed by atoms with E-state index in [1.165, 1.54) is 26.0 Å². The zero-order chi connectivity index (χ0) is 16.7. The van der Waals surface area contributed by atoms with Crippen LogP contribution < -0.4 is 10.1 Å². The molecule has 1 aromatic rings. The molecule has 1 heterocycles. The highest BCUT2D eigenvalue weighted by molar-refractivity contribution is 6.04. The normalized spacial score (nSPS) is 16.5. The van der Waals surface area contributed by atoms with Gasteiger partial charge in [0.1, 0.15) is 16.9 Å². The van der Waals surface area contributed by atoms with Gasteiger partial charge in [0, 0.05) is 5.56 Å². The van der Waals surface area contributed by atoms with Crippen LogP contribution in [0.15, 0.2) is 18.2 Å². The lowest BCUT2D eigenvalue weighted by Gasteiger charge is -2.31. The summed E-state index contributed by atoms with van der Waals surface area (Å²) in [6.45, 7) is 6.43. The van der Waals surface area contributed by atoms with E-state index < -0.39 is 23.0 Å². The number of aliphatic carboxylic acids is 1. The zero-order valence-electron chi connectivity index (χ0n) is 13.0. The Morgan fingerprint density at radius 3 is 2.55 bits per heavy atom. The average Bonchev–Trinajstić information content (AvgIpc) is 2.36. The molecule has 2 rings (SSSR count). The fourth-order valence-electron chi connectivity index (χ4n) is 2.20. The number of amides is 1. The van der Waals surface area contributed by atoms with Gasteiger partial charge in [-0.05, 0) is 45.9 Å². The van der Waals surface area contributed by atoms with Crippen molar-refractivity contribution >= 4 is 17.7 Å². The van der Waals surface area contributed by atoms with Gasteiger partial charge >= 0.3 is 5.97 Å². The lowest BCUT2D eigenvalue weighted by Crippen LogP contribution is -2.49. The molecule has 2 N–H and O–H groups in total. The van der Waals surface area contributed by atoms with Gasteiger partial charge in [-0.2, -0.15) is 0 Å². The van der Waals surface area contributed by atoms with Crippen molar-refractivity contribution in [1.29, 1.82) is 0 Å². The largest absolute Gasteiger partial charge is 0.487 e. The van der Waals surface area contributed by atoms with Gasteiger partial charge in [-0.15, -0.1) is 0 Å². The fraction of sp³-hybridized carbons (Fsp3) is 0.438. The van der Waals surface area contributed by atoms with Gasteiger partial charge in [0.05, 0.1) is 12.0 Å². The Labute approximate surface area is 128 Å². The molecule has 1 aromatic carbocycles. The maximum absolute atomic E-state index is 12.2. The number of ketones is 1. The van der Waals surface area contributed by atoms with Crippen LogP contribution in [0.5, 0.6) is 5.75 Å². The Morgan fingerprint density at radius 1 is 1.32 bits per heavy atom. The summed E-state index contributed by atoms with van der Waals surface area (Å²) in [6, 6.07) is 4.53. The van der Waals surface area contributed by atoms with E-state index >= 15 is 0 Å². The summed E-state index contributed by atoms with van der Waals surface area (Å²) in [5.41, 5.74) is -1.39. The third-order valence-electron chi connectivity index (χ3n) is 3.48. The van der Waals surface area contributed by atoms with E-state index in [-0.39, 0.29) is 17.8 Å². The first kappa shape index (κ1) is 16.0. The standard InChI is InChI=1S/C16H19NO5/c1-15(2)8-11(18)10-7-9(5-6-12(10)22-15)13(19)17-16(3,4)14(20)21/h5-7H,8H2,1-4H3,(H,17,19)(H,20,21). The van der Waals surface area contributed by atoms with Crippen LogP contribution in [0, 0.1) is 0 Å². The molecule has 0 atom stereocenters. The SMILES string of the molecule is CC1(C)CC(=O)c2cc(C(=O)NC(C)(C)C(=O)O)ccc2O1. The molecule has 0 aliphatic carbocycles. The van der Waals surface area contributed by atoms with E-state index in [0.717, 1.165) is 0 Å². The predicted molar refractivity (Wildman–Crippen MR) is 79.3 cm³/mol. The molecule has 0 spiro atoms. The highest BCUT2D eigenvalue weighted by atomic mass is 16.5. The molecule has 0 unspecified atom stereocenters. The van der Waals surface area contributed by atoms with Gasteiger partial charge in [0.2, 0.25) is 0 Å². The molecule has 6 heteroatoms. The highest BCUT2D eigenvalue weighted by Gasteiger charge is 2.34. The first-order valence-corrected chi connectivity index (χ1v) is 6.94. The molecule has 6 nitrogen and oxygen atoms in total. The molecular formula is C16H19NO5. The highest BCUT2D eigenvalue weighted by Crippen LogP contribution is 2.33. The summed E-state index contributed by atoms with van der Waals surface area (Å²) in [5, 5.41) is 11.5. The molecule has 0 saturated carbocycles. The molecule has 0 saturated heterocycles. The number of carbonyl (C=O) groups excluding carboxylic acids is 2. The first-order valence-electron chi connectivity index (χ1n) is 6.94. The molecule has 22 heavy (non-hydrogen) atoms. The van der Waals surface area contributed by atoms with Crippen molar-refractivity contribution in [2.75, 3.05) is 0 Å². The number of carbonyl (C=O) groups is 3. The molecule has 0 radical (unpaired) electrons. The lowest BCUT2D eigenvalue weighted by molar-refractivity contribution is -0.143. The van der Waals surface area contributed by atoms with E-state index in [2.05, 4.69) is 5.32 Å². The Morgan fingerprint density at radius 2 is 1.95 bits per heavy atom. The van der Waals surface area contributed by atoms with Crippen molar-refractivity contribution < 1.29 is 24.2 Å². The van der Waals surface area contributed by atoms with Crippen LogP contribution in [0.2, 0.25) is 0 Å². The molecular weight excluding hydrogens is 286 g/mol. The first-order chi connectivity index (χ1) is 10.0. The maximum Gasteiger partial charge on any atom is 0.328 e. The van der Waals surface area contributed by atoms with Gasteiger partial charge in [0.15, 0.2) is 5.78 Å². The Kier molecular flexibility index (Phi) is 3.73. The average molecular weight is 305 g/mol. The molecule has 0 bridgehead atoms. The quantitative estimate of drug-likeness (QED) is 0.891. The molecule has 1 aliphatic heterocycles. The maximum atomic E-state index is 12.2. The Bertz CT molecular complexity index is 661. The van der Waals surface area contributed by atoms with E-state index in [0.29, 0.717) is 11.3 Å². The van der Waals surface area contributed by atoms with Crippen molar-refractivity contribution in [3.8, 4) is 5.75 Å². The minimum Gasteiger partial charge on any atom is -0.487 e. The van der Waals surface area contributed by atoms with Crippen LogP contribution in [0.1, 0.15) is 54.8 Å². The number of benzene rings is 1. The summed E-state index contributed by atoms with van der Waals surface area (Å²) >= 11 is 0. The van der Waals surface area contributed by atoms with Crippen molar-refractivity contribution in [3.05, 3.63) is 29.3 Å². The second kappa shape index (κ2) is 5.12. The van der Waals surface area contributed by atoms with E-state index in [1.807, 2.05) is 13.8 Å². The number of Topliss-reactive ketones (excluding diaryl/α,β-unsaturated/α-hetero) is 1.